The Kier molecular flexibility index (Phi) is 7.45. The van der Waals surface area contributed by atoms with Gasteiger partial charge in [0.1, 0.15) is 11.3 Å². The Morgan fingerprint density at radius 1 is 1.02 bits per heavy atom. The number of allylic oxidation sites excluding steroid dienone is 1. The van der Waals surface area contributed by atoms with Crippen LogP contribution in [0.2, 0.25) is 0 Å². The molecule has 1 amide bonds. The fourth-order valence-corrected chi connectivity index (χ4v) is 6.40. The molecule has 5 heterocycles. The highest BCUT2D eigenvalue weighted by atomic mass is 16.2. The van der Waals surface area contributed by atoms with Gasteiger partial charge in [-0.2, -0.15) is 5.10 Å². The minimum absolute atomic E-state index is 0.00361. The average molecular weight is 602 g/mol. The van der Waals surface area contributed by atoms with Gasteiger partial charge in [0.05, 0.1) is 5.56 Å². The molecule has 10 nitrogen and oxygen atoms in total. The second kappa shape index (κ2) is 11.6. The molecule has 5 aromatic rings. The van der Waals surface area contributed by atoms with E-state index in [0.717, 1.165) is 61.2 Å². The third-order valence-corrected chi connectivity index (χ3v) is 8.74. The van der Waals surface area contributed by atoms with E-state index in [-0.39, 0.29) is 11.3 Å². The summed E-state index contributed by atoms with van der Waals surface area (Å²) in [6, 6.07) is 16.9. The summed E-state index contributed by atoms with van der Waals surface area (Å²) in [5.74, 6) is 1.95. The third-order valence-electron chi connectivity index (χ3n) is 8.74. The fraction of sp³-hybridized carbons (Fsp3) is 0.343. The first-order valence-corrected chi connectivity index (χ1v) is 15.7. The van der Waals surface area contributed by atoms with Crippen LogP contribution in [0.5, 0.6) is 0 Å². The molecule has 2 aliphatic rings. The van der Waals surface area contributed by atoms with E-state index in [9.17, 15) is 4.79 Å². The van der Waals surface area contributed by atoms with Gasteiger partial charge in [-0.3, -0.25) is 9.36 Å². The quantitative estimate of drug-likeness (QED) is 0.249. The van der Waals surface area contributed by atoms with Gasteiger partial charge in [-0.15, -0.1) is 0 Å². The highest BCUT2D eigenvalue weighted by Crippen LogP contribution is 2.36. The van der Waals surface area contributed by atoms with Crippen LogP contribution in [0, 0.1) is 5.41 Å². The van der Waals surface area contributed by atoms with Crippen LogP contribution >= 0.6 is 0 Å². The van der Waals surface area contributed by atoms with Crippen molar-refractivity contribution in [3.8, 4) is 22.9 Å². The Morgan fingerprint density at radius 3 is 2.62 bits per heavy atom. The number of carbonyl (C=O) groups is 1. The first kappa shape index (κ1) is 28.9. The van der Waals surface area contributed by atoms with Crippen LogP contribution in [0.25, 0.3) is 34.1 Å². The molecular weight excluding hydrogens is 562 g/mol. The van der Waals surface area contributed by atoms with Crippen molar-refractivity contribution in [1.29, 1.82) is 0 Å². The van der Waals surface area contributed by atoms with Crippen LogP contribution < -0.4 is 11.1 Å². The summed E-state index contributed by atoms with van der Waals surface area (Å²) >= 11 is 0. The molecule has 0 saturated carbocycles. The van der Waals surface area contributed by atoms with Crippen molar-refractivity contribution in [2.45, 2.75) is 58.5 Å². The van der Waals surface area contributed by atoms with Gasteiger partial charge in [-0.25, -0.2) is 19.6 Å². The number of nitrogen functional groups attached to an aromatic ring is 1. The Morgan fingerprint density at radius 2 is 1.87 bits per heavy atom. The van der Waals surface area contributed by atoms with Gasteiger partial charge in [0.2, 0.25) is 5.91 Å². The van der Waals surface area contributed by atoms with Crippen LogP contribution in [0.15, 0.2) is 79.3 Å². The van der Waals surface area contributed by atoms with E-state index in [2.05, 4.69) is 58.9 Å². The monoisotopic (exact) mass is 601 g/mol. The number of hydrogen-bond donors (Lipinski definition) is 2. The normalized spacial score (nSPS) is 17.4. The van der Waals surface area contributed by atoms with E-state index in [1.54, 1.807) is 23.2 Å². The molecule has 0 unspecified atom stereocenters. The summed E-state index contributed by atoms with van der Waals surface area (Å²) in [6.07, 6.45) is 13.0. The molecule has 0 spiro atoms. The molecule has 1 aliphatic carbocycles. The molecule has 0 radical (unpaired) electrons. The van der Waals surface area contributed by atoms with Crippen LogP contribution in [-0.2, 0) is 11.2 Å². The SMILES string of the molecule is CC(C)(C)/C=C/C(=O)N1CCC(N[C@H]2CCc3cc(-n4c(-c5cccnc5N)nc5ccc(-n6cccn6)nc54)ccc32)CC1. The first-order valence-electron chi connectivity index (χ1n) is 15.7. The number of benzene rings is 1. The molecule has 1 saturated heterocycles. The van der Waals surface area contributed by atoms with E-state index in [1.807, 2.05) is 47.5 Å². The molecule has 7 rings (SSSR count). The molecule has 1 aromatic carbocycles. The predicted octanol–water partition coefficient (Wildman–Crippen LogP) is 5.42. The lowest BCUT2D eigenvalue weighted by Crippen LogP contribution is -2.45. The van der Waals surface area contributed by atoms with Crippen LogP contribution in [0.3, 0.4) is 0 Å². The topological polar surface area (TPSA) is 120 Å². The zero-order valence-corrected chi connectivity index (χ0v) is 26.0. The summed E-state index contributed by atoms with van der Waals surface area (Å²) in [6.45, 7) is 7.89. The number of pyridine rings is 2. The lowest BCUT2D eigenvalue weighted by Gasteiger charge is -2.33. The van der Waals surface area contributed by atoms with Gasteiger partial charge in [-0.1, -0.05) is 32.9 Å². The van der Waals surface area contributed by atoms with Crippen LogP contribution in [-0.4, -0.2) is 59.2 Å². The highest BCUT2D eigenvalue weighted by Gasteiger charge is 2.29. The Hall–Kier alpha value is -4.83. The molecular formula is C35H39N9O. The second-order valence-corrected chi connectivity index (χ2v) is 13.1. The standard InChI is InChI=1S/C35H39N9O/c1-35(2,3)16-13-31(45)42-20-14-24(15-21-42)39-28-10-7-23-22-25(8-9-26(23)28)44-33(27-6-4-17-37-32(27)36)40-29-11-12-30(41-34(29)44)43-19-5-18-38-43/h4-6,8-9,11-13,16-19,22,24,28,39H,7,10,14-15,20-21H2,1-3H3,(H2,36,37)/b16-13+/t28-/m0/s1. The van der Waals surface area contributed by atoms with Crippen molar-refractivity contribution in [1.82, 2.24) is 39.5 Å². The predicted molar refractivity (Wildman–Crippen MR) is 176 cm³/mol. The average Bonchev–Trinajstić information content (AvgIpc) is 3.79. The number of nitrogens with zero attached hydrogens (tertiary/aromatic N) is 7. The van der Waals surface area contributed by atoms with Crippen molar-refractivity contribution < 1.29 is 4.79 Å². The molecule has 45 heavy (non-hydrogen) atoms. The number of carbonyl (C=O) groups excluding carboxylic acids is 1. The van der Waals surface area contributed by atoms with Gasteiger partial charge in [0.25, 0.3) is 0 Å². The van der Waals surface area contributed by atoms with E-state index >= 15 is 0 Å². The number of aryl methyl sites for hydroxylation is 1. The lowest BCUT2D eigenvalue weighted by molar-refractivity contribution is -0.127. The molecule has 1 atom stereocenters. The van der Waals surface area contributed by atoms with Gasteiger partial charge in [-0.05, 0) is 90.8 Å². The summed E-state index contributed by atoms with van der Waals surface area (Å²) in [5, 5.41) is 8.29. The summed E-state index contributed by atoms with van der Waals surface area (Å²) in [5.41, 5.74) is 12.2. The number of fused-ring (bicyclic) bond motifs is 2. The fourth-order valence-electron chi connectivity index (χ4n) is 6.40. The van der Waals surface area contributed by atoms with Crippen molar-refractivity contribution in [2.75, 3.05) is 18.8 Å². The highest BCUT2D eigenvalue weighted by molar-refractivity contribution is 5.87. The minimum Gasteiger partial charge on any atom is -0.383 e. The second-order valence-electron chi connectivity index (χ2n) is 13.1. The number of hydrogen-bond acceptors (Lipinski definition) is 7. The number of aromatic nitrogens is 6. The number of nitrogens with one attached hydrogen (secondary N) is 1. The number of nitrogens with two attached hydrogens (primary N) is 1. The molecule has 230 valence electrons. The summed E-state index contributed by atoms with van der Waals surface area (Å²) in [4.78, 5) is 29.0. The zero-order chi connectivity index (χ0) is 31.1. The van der Waals surface area contributed by atoms with Crippen LogP contribution in [0.1, 0.15) is 57.2 Å². The van der Waals surface area contributed by atoms with E-state index in [0.29, 0.717) is 29.5 Å². The molecule has 3 N–H and O–H groups in total. The van der Waals surface area contributed by atoms with E-state index in [4.69, 9.17) is 15.7 Å². The largest absolute Gasteiger partial charge is 0.383 e. The third kappa shape index (κ3) is 5.85. The maximum absolute atomic E-state index is 12.7. The van der Waals surface area contributed by atoms with Gasteiger partial charge >= 0.3 is 0 Å². The zero-order valence-electron chi connectivity index (χ0n) is 26.0. The number of piperidine rings is 1. The summed E-state index contributed by atoms with van der Waals surface area (Å²) in [7, 11) is 0. The van der Waals surface area contributed by atoms with Gasteiger partial charge in [0.15, 0.2) is 17.3 Å². The number of imidazole rings is 1. The molecule has 0 bridgehead atoms. The maximum atomic E-state index is 12.7. The lowest BCUT2D eigenvalue weighted by atomic mass is 9.96. The number of rotatable bonds is 6. The van der Waals surface area contributed by atoms with Gasteiger partial charge < -0.3 is 16.0 Å². The van der Waals surface area contributed by atoms with Crippen molar-refractivity contribution in [3.05, 3.63) is 90.4 Å². The minimum atomic E-state index is 0.00361. The molecule has 10 heteroatoms. The summed E-state index contributed by atoms with van der Waals surface area (Å²) < 4.78 is 3.83. The van der Waals surface area contributed by atoms with Crippen molar-refractivity contribution in [2.24, 2.45) is 5.41 Å². The van der Waals surface area contributed by atoms with Gasteiger partial charge in [0, 0.05) is 49.5 Å². The number of anilines is 1. The first-order chi connectivity index (χ1) is 21.7. The van der Waals surface area contributed by atoms with Crippen molar-refractivity contribution in [3.63, 3.8) is 0 Å². The van der Waals surface area contributed by atoms with Crippen LogP contribution in [0.4, 0.5) is 5.82 Å². The Balaban J connectivity index is 1.15. The maximum Gasteiger partial charge on any atom is 0.246 e. The number of likely N-dealkylation sites (tertiary alicyclic amines) is 1. The molecule has 1 fully saturated rings. The Bertz CT molecular complexity index is 1880. The number of amides is 1. The Labute approximate surface area is 263 Å². The smallest absolute Gasteiger partial charge is 0.246 e. The van der Waals surface area contributed by atoms with E-state index < -0.39 is 0 Å². The molecule has 4 aromatic heterocycles. The van der Waals surface area contributed by atoms with E-state index in [1.165, 1.54) is 11.1 Å². The van der Waals surface area contributed by atoms with Crippen molar-refractivity contribution >= 4 is 22.9 Å². The molecule has 1 aliphatic heterocycles.